The van der Waals surface area contributed by atoms with E-state index in [0.29, 0.717) is 31.7 Å². The number of carboxylic acids is 2. The minimum atomic E-state index is -0.976. The Morgan fingerprint density at radius 2 is 1.34 bits per heavy atom. The van der Waals surface area contributed by atoms with Gasteiger partial charge in [-0.1, -0.05) is 137 Å². The van der Waals surface area contributed by atoms with Crippen LogP contribution in [0.4, 0.5) is 0 Å². The number of unbranched alkanes of at least 4 members (excludes halogenated alkanes) is 1. The first kappa shape index (κ1) is 48.2. The molecule has 13 nitrogen and oxygen atoms in total. The molecule has 1 heterocycles. The van der Waals surface area contributed by atoms with Crippen LogP contribution in [-0.2, 0) is 41.7 Å². The Bertz CT molecular complexity index is 2170. The summed E-state index contributed by atoms with van der Waals surface area (Å²) in [6.07, 6.45) is 3.27. The maximum Gasteiger partial charge on any atom is 0.326 e. The van der Waals surface area contributed by atoms with E-state index in [4.69, 9.17) is 9.84 Å². The number of carboxylic acid groups (broad SMARTS) is 2. The zero-order chi connectivity index (χ0) is 45.0. The fraction of sp³-hybridized carbons (Fsp3) is 0.388. The molecule has 0 fully saturated rings. The SMILES string of the molecule is CCCCC(=O)N(Cc1ccc(-c2ccccc2-c2nn[nH]n2)cc1)[C@H](C(=O)O)C(C)C.CCOC(=O)[C@H](C)C[C@H](CC(=O)CCC(=O)O)Cc1ccc(-c2ccccc2)cc1. The van der Waals surface area contributed by atoms with Gasteiger partial charge in [-0.15, -0.1) is 10.2 Å². The van der Waals surface area contributed by atoms with Crippen LogP contribution in [0.15, 0.2) is 103 Å². The van der Waals surface area contributed by atoms with Crippen molar-refractivity contribution < 1.29 is 38.9 Å². The molecule has 1 aromatic heterocycles. The summed E-state index contributed by atoms with van der Waals surface area (Å²) in [5.41, 5.74) is 7.01. The number of aromatic amines is 1. The minimum absolute atomic E-state index is 0.0204. The molecular weight excluding hydrogens is 787 g/mol. The lowest BCUT2D eigenvalue weighted by atomic mass is 9.85. The predicted molar refractivity (Wildman–Crippen MR) is 237 cm³/mol. The quantitative estimate of drug-likeness (QED) is 0.0563. The summed E-state index contributed by atoms with van der Waals surface area (Å²) in [5.74, 6) is -2.47. The molecule has 3 atom stereocenters. The van der Waals surface area contributed by atoms with Crippen LogP contribution < -0.4 is 0 Å². The first-order chi connectivity index (χ1) is 29.8. The Balaban J connectivity index is 0.000000273. The molecule has 5 aromatic rings. The average molecular weight is 846 g/mol. The van der Waals surface area contributed by atoms with E-state index in [1.165, 1.54) is 4.90 Å². The summed E-state index contributed by atoms with van der Waals surface area (Å²) in [6.45, 7) is 9.83. The highest BCUT2D eigenvalue weighted by Gasteiger charge is 2.32. The number of hydrogen-bond acceptors (Lipinski definition) is 9. The second kappa shape index (κ2) is 24.7. The zero-order valence-electron chi connectivity index (χ0n) is 36.3. The molecule has 62 heavy (non-hydrogen) atoms. The molecule has 0 aliphatic heterocycles. The summed E-state index contributed by atoms with van der Waals surface area (Å²) in [5, 5.41) is 32.9. The van der Waals surface area contributed by atoms with Gasteiger partial charge in [0.05, 0.1) is 18.9 Å². The number of nitrogens with zero attached hydrogens (tertiary/aromatic N) is 4. The highest BCUT2D eigenvalue weighted by atomic mass is 16.5. The van der Waals surface area contributed by atoms with Crippen molar-refractivity contribution in [3.8, 4) is 33.6 Å². The van der Waals surface area contributed by atoms with Crippen LogP contribution in [0.5, 0.6) is 0 Å². The minimum Gasteiger partial charge on any atom is -0.481 e. The van der Waals surface area contributed by atoms with Gasteiger partial charge in [0.15, 0.2) is 0 Å². The van der Waals surface area contributed by atoms with Gasteiger partial charge in [0.25, 0.3) is 0 Å². The molecule has 0 aliphatic carbocycles. The van der Waals surface area contributed by atoms with Crippen LogP contribution in [0.3, 0.4) is 0 Å². The largest absolute Gasteiger partial charge is 0.481 e. The highest BCUT2D eigenvalue weighted by Crippen LogP contribution is 2.31. The lowest BCUT2D eigenvalue weighted by molar-refractivity contribution is -0.153. The number of ether oxygens (including phenoxy) is 1. The molecule has 0 saturated carbocycles. The average Bonchev–Trinajstić information content (AvgIpc) is 3.81. The first-order valence-electron chi connectivity index (χ1n) is 21.3. The third kappa shape index (κ3) is 14.9. The van der Waals surface area contributed by atoms with Gasteiger partial charge in [0.2, 0.25) is 11.7 Å². The molecule has 4 aromatic carbocycles. The van der Waals surface area contributed by atoms with Crippen LogP contribution >= 0.6 is 0 Å². The number of H-pyrrole nitrogens is 1. The second-order valence-corrected chi connectivity index (χ2v) is 15.8. The van der Waals surface area contributed by atoms with E-state index in [1.807, 2.05) is 107 Å². The Morgan fingerprint density at radius 3 is 1.92 bits per heavy atom. The van der Waals surface area contributed by atoms with Gasteiger partial charge in [-0.3, -0.25) is 19.2 Å². The molecule has 0 unspecified atom stereocenters. The van der Waals surface area contributed by atoms with Crippen molar-refractivity contribution in [2.45, 2.75) is 98.6 Å². The summed E-state index contributed by atoms with van der Waals surface area (Å²) < 4.78 is 5.10. The molecule has 0 aliphatic rings. The number of amides is 1. The number of tetrazole rings is 1. The number of esters is 1. The van der Waals surface area contributed by atoms with Crippen molar-refractivity contribution in [1.29, 1.82) is 0 Å². The molecule has 3 N–H and O–H groups in total. The van der Waals surface area contributed by atoms with Crippen molar-refractivity contribution in [3.05, 3.63) is 114 Å². The number of aliphatic carboxylic acids is 2. The Kier molecular flexibility index (Phi) is 19.2. The van der Waals surface area contributed by atoms with E-state index in [0.717, 1.165) is 51.8 Å². The fourth-order valence-electron chi connectivity index (χ4n) is 7.37. The monoisotopic (exact) mass is 845 g/mol. The zero-order valence-corrected chi connectivity index (χ0v) is 36.3. The first-order valence-corrected chi connectivity index (χ1v) is 21.3. The van der Waals surface area contributed by atoms with E-state index >= 15 is 0 Å². The van der Waals surface area contributed by atoms with E-state index in [1.54, 1.807) is 6.92 Å². The number of rotatable bonds is 22. The van der Waals surface area contributed by atoms with Gasteiger partial charge in [-0.2, -0.15) is 5.21 Å². The molecule has 328 valence electrons. The van der Waals surface area contributed by atoms with Crippen molar-refractivity contribution in [2.75, 3.05) is 6.61 Å². The highest BCUT2D eigenvalue weighted by molar-refractivity contribution is 5.84. The molecular formula is C49H59N5O8. The topological polar surface area (TPSA) is 193 Å². The van der Waals surface area contributed by atoms with Gasteiger partial charge in [-0.25, -0.2) is 4.79 Å². The summed E-state index contributed by atoms with van der Waals surface area (Å²) in [7, 11) is 0. The number of ketones is 1. The van der Waals surface area contributed by atoms with Crippen LogP contribution in [0.1, 0.15) is 90.7 Å². The molecule has 1 amide bonds. The van der Waals surface area contributed by atoms with Gasteiger partial charge < -0.3 is 19.8 Å². The molecule has 5 rings (SSSR count). The molecule has 0 saturated heterocycles. The van der Waals surface area contributed by atoms with E-state index in [2.05, 4.69) is 44.9 Å². The third-order valence-electron chi connectivity index (χ3n) is 10.5. The summed E-state index contributed by atoms with van der Waals surface area (Å²) in [6, 6.07) is 33.0. The van der Waals surface area contributed by atoms with Gasteiger partial charge >= 0.3 is 17.9 Å². The van der Waals surface area contributed by atoms with E-state index in [9.17, 15) is 29.1 Å². The maximum atomic E-state index is 12.9. The predicted octanol–water partition coefficient (Wildman–Crippen LogP) is 9.09. The van der Waals surface area contributed by atoms with Crippen LogP contribution in [0, 0.1) is 17.8 Å². The fourth-order valence-corrected chi connectivity index (χ4v) is 7.37. The number of carbonyl (C=O) groups excluding carboxylic acids is 3. The normalized spacial score (nSPS) is 12.4. The smallest absolute Gasteiger partial charge is 0.326 e. The van der Waals surface area contributed by atoms with Gasteiger partial charge in [0, 0.05) is 31.4 Å². The van der Waals surface area contributed by atoms with Crippen LogP contribution in [0.2, 0.25) is 0 Å². The number of aromatic nitrogens is 4. The van der Waals surface area contributed by atoms with E-state index < -0.39 is 18.0 Å². The molecule has 0 bridgehead atoms. The Labute approximate surface area is 363 Å². The lowest BCUT2D eigenvalue weighted by Gasteiger charge is -2.32. The molecule has 0 radical (unpaired) electrons. The maximum absolute atomic E-state index is 12.9. The van der Waals surface area contributed by atoms with Crippen LogP contribution in [-0.4, -0.2) is 78.0 Å². The second-order valence-electron chi connectivity index (χ2n) is 15.8. The number of carbonyl (C=O) groups is 5. The third-order valence-corrected chi connectivity index (χ3v) is 10.5. The van der Waals surface area contributed by atoms with Gasteiger partial charge in [0.1, 0.15) is 11.8 Å². The lowest BCUT2D eigenvalue weighted by Crippen LogP contribution is -2.47. The number of nitrogens with one attached hydrogen (secondary N) is 1. The summed E-state index contributed by atoms with van der Waals surface area (Å²) in [4.78, 5) is 61.4. The summed E-state index contributed by atoms with van der Waals surface area (Å²) >= 11 is 0. The molecule has 0 spiro atoms. The Hall–Kier alpha value is -6.50. The van der Waals surface area contributed by atoms with Crippen molar-refractivity contribution in [1.82, 2.24) is 25.5 Å². The van der Waals surface area contributed by atoms with Crippen molar-refractivity contribution in [3.63, 3.8) is 0 Å². The van der Waals surface area contributed by atoms with Crippen LogP contribution in [0.25, 0.3) is 33.6 Å². The van der Waals surface area contributed by atoms with Crippen molar-refractivity contribution >= 4 is 29.6 Å². The standard InChI is InChI=1S/C25H30O5.C24H29N5O3/c1-3-30-25(29)18(2)15-20(17-23(26)13-14-24(27)28)16-19-9-11-22(12-10-19)21-7-5-4-6-8-21;1-4-5-10-21(30)29(22(16(2)3)24(31)32)15-17-11-13-18(14-12-17)19-8-6-7-9-20(19)23-25-27-28-26-23/h4-12,18,20H,3,13-17H2,1-2H3,(H,27,28);6-9,11-14,16,22H,4-5,10,15H2,1-3H3,(H,31,32)(H,25,26,27,28)/t18-,20+;22-/m10/s1. The Morgan fingerprint density at radius 1 is 0.726 bits per heavy atom. The number of Topliss-reactive ketones (excluding diaryl/α,β-unsaturated/α-hetero) is 1. The molecule has 13 heteroatoms. The number of benzene rings is 4. The van der Waals surface area contributed by atoms with Gasteiger partial charge in [-0.05, 0) is 76.6 Å². The number of hydrogen-bond donors (Lipinski definition) is 3. The van der Waals surface area contributed by atoms with E-state index in [-0.39, 0.29) is 61.2 Å². The van der Waals surface area contributed by atoms with Crippen molar-refractivity contribution in [2.24, 2.45) is 17.8 Å².